The van der Waals surface area contributed by atoms with Crippen LogP contribution >= 0.6 is 11.3 Å². The molecule has 1 aromatic rings. The van der Waals surface area contributed by atoms with Crippen molar-refractivity contribution in [2.24, 2.45) is 11.8 Å². The molecular formula is C13H20N4O2S. The van der Waals surface area contributed by atoms with Crippen LogP contribution in [0.3, 0.4) is 0 Å². The molecule has 0 saturated carbocycles. The van der Waals surface area contributed by atoms with E-state index in [0.717, 1.165) is 11.4 Å². The minimum atomic E-state index is -0.281. The van der Waals surface area contributed by atoms with E-state index in [2.05, 4.69) is 34.7 Å². The summed E-state index contributed by atoms with van der Waals surface area (Å²) in [5.74, 6) is 0.0196. The molecule has 0 spiro atoms. The van der Waals surface area contributed by atoms with E-state index < -0.39 is 0 Å². The average molecular weight is 296 g/mol. The molecule has 1 aromatic heterocycles. The standard InChI is InChI=1S/C13H20N4O2S/c1-7(2)4-11-16-17-13(20-11)15-12(19)9-5-8(3)14-10(18)6-9/h7-9H,4-6H2,1-3H3,(H,14,18)(H,15,17,19)/t8-,9-/m0/s1. The van der Waals surface area contributed by atoms with Gasteiger partial charge in [-0.15, -0.1) is 10.2 Å². The van der Waals surface area contributed by atoms with Gasteiger partial charge in [-0.05, 0) is 19.3 Å². The number of nitrogens with zero attached hydrogens (tertiary/aromatic N) is 2. The number of piperidine rings is 1. The van der Waals surface area contributed by atoms with E-state index >= 15 is 0 Å². The van der Waals surface area contributed by atoms with Gasteiger partial charge in [-0.3, -0.25) is 9.59 Å². The van der Waals surface area contributed by atoms with Gasteiger partial charge in [-0.25, -0.2) is 0 Å². The molecule has 0 unspecified atom stereocenters. The number of carbonyl (C=O) groups excluding carboxylic acids is 2. The molecule has 0 aromatic carbocycles. The van der Waals surface area contributed by atoms with Crippen molar-refractivity contribution in [1.29, 1.82) is 0 Å². The molecule has 1 aliphatic heterocycles. The summed E-state index contributed by atoms with van der Waals surface area (Å²) in [5.41, 5.74) is 0. The monoisotopic (exact) mass is 296 g/mol. The summed E-state index contributed by atoms with van der Waals surface area (Å²) in [4.78, 5) is 23.6. The Balaban J connectivity index is 1.93. The summed E-state index contributed by atoms with van der Waals surface area (Å²) < 4.78 is 0. The van der Waals surface area contributed by atoms with E-state index in [9.17, 15) is 9.59 Å². The zero-order valence-corrected chi connectivity index (χ0v) is 12.8. The van der Waals surface area contributed by atoms with Gasteiger partial charge in [0.15, 0.2) is 0 Å². The van der Waals surface area contributed by atoms with Crippen LogP contribution in [0.1, 0.15) is 38.6 Å². The van der Waals surface area contributed by atoms with Crippen molar-refractivity contribution in [3.05, 3.63) is 5.01 Å². The van der Waals surface area contributed by atoms with Crippen molar-refractivity contribution in [2.75, 3.05) is 5.32 Å². The number of rotatable bonds is 4. The number of carbonyl (C=O) groups is 2. The average Bonchev–Trinajstić information content (AvgIpc) is 2.74. The largest absolute Gasteiger partial charge is 0.354 e. The van der Waals surface area contributed by atoms with Crippen LogP contribution in [0.4, 0.5) is 5.13 Å². The lowest BCUT2D eigenvalue weighted by molar-refractivity contribution is -0.130. The number of anilines is 1. The van der Waals surface area contributed by atoms with Crippen molar-refractivity contribution in [3.8, 4) is 0 Å². The van der Waals surface area contributed by atoms with Crippen molar-refractivity contribution in [2.45, 2.75) is 46.1 Å². The smallest absolute Gasteiger partial charge is 0.229 e. The van der Waals surface area contributed by atoms with Crippen LogP contribution in [-0.2, 0) is 16.0 Å². The van der Waals surface area contributed by atoms with Gasteiger partial charge in [0, 0.05) is 24.8 Å². The first-order chi connectivity index (χ1) is 9.44. The zero-order chi connectivity index (χ0) is 14.7. The summed E-state index contributed by atoms with van der Waals surface area (Å²) >= 11 is 1.40. The Hall–Kier alpha value is -1.50. The lowest BCUT2D eigenvalue weighted by Gasteiger charge is -2.26. The summed E-state index contributed by atoms with van der Waals surface area (Å²) in [6.07, 6.45) is 1.76. The first-order valence-corrected chi connectivity index (χ1v) is 7.68. The van der Waals surface area contributed by atoms with Gasteiger partial charge in [0.2, 0.25) is 16.9 Å². The predicted octanol–water partition coefficient (Wildman–Crippen LogP) is 1.59. The first-order valence-electron chi connectivity index (χ1n) is 6.86. The van der Waals surface area contributed by atoms with Crippen LogP contribution in [0.25, 0.3) is 0 Å². The highest BCUT2D eigenvalue weighted by Crippen LogP contribution is 2.22. The molecule has 1 fully saturated rings. The molecule has 0 bridgehead atoms. The maximum atomic E-state index is 12.1. The molecule has 2 N–H and O–H groups in total. The molecule has 20 heavy (non-hydrogen) atoms. The fourth-order valence-electron chi connectivity index (χ4n) is 2.27. The molecule has 2 amide bonds. The van der Waals surface area contributed by atoms with Crippen LogP contribution < -0.4 is 10.6 Å². The van der Waals surface area contributed by atoms with Gasteiger partial charge in [0.05, 0.1) is 0 Å². The van der Waals surface area contributed by atoms with E-state index in [1.165, 1.54) is 11.3 Å². The lowest BCUT2D eigenvalue weighted by atomic mass is 9.92. The maximum Gasteiger partial charge on any atom is 0.229 e. The predicted molar refractivity (Wildman–Crippen MR) is 77.4 cm³/mol. The van der Waals surface area contributed by atoms with Crippen LogP contribution in [-0.4, -0.2) is 28.1 Å². The third-order valence-electron chi connectivity index (χ3n) is 3.13. The van der Waals surface area contributed by atoms with Crippen molar-refractivity contribution in [1.82, 2.24) is 15.5 Å². The van der Waals surface area contributed by atoms with Gasteiger partial charge in [-0.1, -0.05) is 25.2 Å². The van der Waals surface area contributed by atoms with Crippen LogP contribution in [0.5, 0.6) is 0 Å². The molecule has 0 aliphatic carbocycles. The Labute approximate surface area is 122 Å². The van der Waals surface area contributed by atoms with Gasteiger partial charge in [0.25, 0.3) is 0 Å². The minimum absolute atomic E-state index is 0.0397. The number of nitrogens with one attached hydrogen (secondary N) is 2. The van der Waals surface area contributed by atoms with Crippen molar-refractivity contribution in [3.63, 3.8) is 0 Å². The van der Waals surface area contributed by atoms with Crippen LogP contribution in [0, 0.1) is 11.8 Å². The third-order valence-corrected chi connectivity index (χ3v) is 3.99. The quantitative estimate of drug-likeness (QED) is 0.883. The molecule has 1 aliphatic rings. The van der Waals surface area contributed by atoms with Crippen LogP contribution in [0.2, 0.25) is 0 Å². The Bertz CT molecular complexity index is 500. The van der Waals surface area contributed by atoms with Gasteiger partial charge in [0.1, 0.15) is 5.01 Å². The van der Waals surface area contributed by atoms with E-state index in [1.807, 2.05) is 6.92 Å². The maximum absolute atomic E-state index is 12.1. The highest BCUT2D eigenvalue weighted by atomic mass is 32.1. The topological polar surface area (TPSA) is 84.0 Å². The number of hydrogen-bond donors (Lipinski definition) is 2. The van der Waals surface area contributed by atoms with Gasteiger partial charge in [-0.2, -0.15) is 0 Å². The minimum Gasteiger partial charge on any atom is -0.354 e. The molecule has 7 heteroatoms. The number of aromatic nitrogens is 2. The Morgan fingerprint density at radius 3 is 2.90 bits per heavy atom. The summed E-state index contributed by atoms with van der Waals surface area (Å²) in [7, 11) is 0. The molecule has 2 rings (SSSR count). The second-order valence-electron chi connectivity index (χ2n) is 5.69. The van der Waals surface area contributed by atoms with E-state index in [0.29, 0.717) is 17.5 Å². The Kier molecular flexibility index (Phi) is 4.69. The van der Waals surface area contributed by atoms with E-state index in [-0.39, 0.29) is 30.2 Å². The molecule has 1 saturated heterocycles. The fraction of sp³-hybridized carbons (Fsp3) is 0.692. The SMILES string of the molecule is CC(C)Cc1nnc(NC(=O)[C@@H]2CC(=O)N[C@@H](C)C2)s1. The Morgan fingerprint density at radius 1 is 1.50 bits per heavy atom. The second-order valence-corrected chi connectivity index (χ2v) is 6.76. The number of hydrogen-bond acceptors (Lipinski definition) is 5. The van der Waals surface area contributed by atoms with Gasteiger partial charge < -0.3 is 10.6 Å². The zero-order valence-electron chi connectivity index (χ0n) is 12.0. The second kappa shape index (κ2) is 6.30. The third kappa shape index (κ3) is 4.00. The molecule has 6 nitrogen and oxygen atoms in total. The van der Waals surface area contributed by atoms with Crippen molar-refractivity contribution >= 4 is 28.3 Å². The summed E-state index contributed by atoms with van der Waals surface area (Å²) in [5, 5.41) is 15.1. The Morgan fingerprint density at radius 2 is 2.25 bits per heavy atom. The van der Waals surface area contributed by atoms with Crippen LogP contribution in [0.15, 0.2) is 0 Å². The molecule has 0 radical (unpaired) electrons. The number of amides is 2. The highest BCUT2D eigenvalue weighted by Gasteiger charge is 2.29. The molecule has 2 heterocycles. The molecule has 110 valence electrons. The normalized spacial score (nSPS) is 22.7. The highest BCUT2D eigenvalue weighted by molar-refractivity contribution is 7.15. The summed E-state index contributed by atoms with van der Waals surface area (Å²) in [6, 6.07) is 0.0397. The molecular weight excluding hydrogens is 276 g/mol. The fourth-order valence-corrected chi connectivity index (χ4v) is 3.22. The summed E-state index contributed by atoms with van der Waals surface area (Å²) in [6.45, 7) is 6.13. The van der Waals surface area contributed by atoms with E-state index in [1.54, 1.807) is 0 Å². The van der Waals surface area contributed by atoms with E-state index in [4.69, 9.17) is 0 Å². The molecule has 2 atom stereocenters. The van der Waals surface area contributed by atoms with Gasteiger partial charge >= 0.3 is 0 Å². The lowest BCUT2D eigenvalue weighted by Crippen LogP contribution is -2.44. The van der Waals surface area contributed by atoms with Crippen molar-refractivity contribution < 1.29 is 9.59 Å². The first kappa shape index (κ1) is 14.9.